The van der Waals surface area contributed by atoms with E-state index in [-0.39, 0.29) is 17.3 Å². The molecule has 0 unspecified atom stereocenters. The first kappa shape index (κ1) is 20.7. The van der Waals surface area contributed by atoms with Crippen LogP contribution in [0.5, 0.6) is 0 Å². The fourth-order valence-corrected chi connectivity index (χ4v) is 3.75. The molecule has 0 atom stereocenters. The van der Waals surface area contributed by atoms with Gasteiger partial charge in [-0.15, -0.1) is 10.2 Å². The third-order valence-corrected chi connectivity index (χ3v) is 5.46. The second kappa shape index (κ2) is 8.74. The highest BCUT2D eigenvalue weighted by Crippen LogP contribution is 2.33. The van der Waals surface area contributed by atoms with Gasteiger partial charge in [0, 0.05) is 12.4 Å². The van der Waals surface area contributed by atoms with E-state index in [1.807, 2.05) is 54.6 Å². The Kier molecular flexibility index (Phi) is 5.48. The number of rotatable bonds is 5. The lowest BCUT2D eigenvalue weighted by atomic mass is 9.92. The molecule has 5 aromatic rings. The van der Waals surface area contributed by atoms with Crippen molar-refractivity contribution in [3.8, 4) is 45.4 Å². The Balaban J connectivity index is 1.42. The molecule has 0 fully saturated rings. The van der Waals surface area contributed by atoms with Crippen LogP contribution in [0.2, 0.25) is 0 Å². The molecular weight excluding hydrogens is 415 g/mol. The van der Waals surface area contributed by atoms with Gasteiger partial charge in [0.15, 0.2) is 0 Å². The van der Waals surface area contributed by atoms with Crippen LogP contribution in [0.25, 0.3) is 45.4 Å². The zero-order valence-corrected chi connectivity index (χ0v) is 18.2. The molecule has 162 valence electrons. The second-order valence-corrected chi connectivity index (χ2v) is 8.00. The van der Waals surface area contributed by atoms with Crippen LogP contribution in [0.4, 0.5) is 4.39 Å². The van der Waals surface area contributed by atoms with Crippen molar-refractivity contribution in [2.24, 2.45) is 0 Å². The summed E-state index contributed by atoms with van der Waals surface area (Å²) in [5.41, 5.74) is 5.43. The van der Waals surface area contributed by atoms with E-state index in [9.17, 15) is 0 Å². The molecule has 0 saturated carbocycles. The van der Waals surface area contributed by atoms with E-state index < -0.39 is 5.82 Å². The Morgan fingerprint density at radius 2 is 1.48 bits per heavy atom. The van der Waals surface area contributed by atoms with Gasteiger partial charge in [0.2, 0.25) is 5.89 Å². The number of benzene rings is 2. The van der Waals surface area contributed by atoms with Crippen LogP contribution in [-0.4, -0.2) is 20.2 Å². The molecule has 0 aliphatic carbocycles. The SMILES string of the molecule is CC(C)c1ccccc1-c1ccc(-c2nnc(-c3ccc(-c4ccccn4)nc3)o2)c(F)c1. The van der Waals surface area contributed by atoms with Crippen LogP contribution >= 0.6 is 0 Å². The van der Waals surface area contributed by atoms with Gasteiger partial charge in [-0.3, -0.25) is 9.97 Å². The van der Waals surface area contributed by atoms with Gasteiger partial charge >= 0.3 is 0 Å². The summed E-state index contributed by atoms with van der Waals surface area (Å²) in [5, 5.41) is 8.14. The van der Waals surface area contributed by atoms with Gasteiger partial charge in [0.1, 0.15) is 5.82 Å². The topological polar surface area (TPSA) is 64.7 Å². The lowest BCUT2D eigenvalue weighted by molar-refractivity contribution is 0.570. The molecule has 33 heavy (non-hydrogen) atoms. The minimum atomic E-state index is -0.412. The van der Waals surface area contributed by atoms with Gasteiger partial charge in [-0.1, -0.05) is 50.2 Å². The van der Waals surface area contributed by atoms with Gasteiger partial charge in [-0.25, -0.2) is 4.39 Å². The Morgan fingerprint density at radius 3 is 2.21 bits per heavy atom. The number of halogens is 1. The summed E-state index contributed by atoms with van der Waals surface area (Å²) in [6.45, 7) is 4.25. The molecular formula is C27H21FN4O. The maximum Gasteiger partial charge on any atom is 0.251 e. The van der Waals surface area contributed by atoms with Crippen LogP contribution in [0.15, 0.2) is 89.6 Å². The third kappa shape index (κ3) is 4.15. The Hall–Kier alpha value is -4.19. The molecule has 0 aliphatic rings. The van der Waals surface area contributed by atoms with Crippen LogP contribution in [-0.2, 0) is 0 Å². The fraction of sp³-hybridized carbons (Fsp3) is 0.111. The highest BCUT2D eigenvalue weighted by molar-refractivity contribution is 5.71. The average Bonchev–Trinajstić information content (AvgIpc) is 3.34. The van der Waals surface area contributed by atoms with Gasteiger partial charge < -0.3 is 4.42 Å². The molecule has 0 aliphatic heterocycles. The zero-order valence-electron chi connectivity index (χ0n) is 18.2. The lowest BCUT2D eigenvalue weighted by Gasteiger charge is -2.13. The highest BCUT2D eigenvalue weighted by Gasteiger charge is 2.17. The molecule has 0 bridgehead atoms. The minimum absolute atomic E-state index is 0.125. The van der Waals surface area contributed by atoms with Gasteiger partial charge in [-0.05, 0) is 59.0 Å². The summed E-state index contributed by atoms with van der Waals surface area (Å²) in [6.07, 6.45) is 3.36. The summed E-state index contributed by atoms with van der Waals surface area (Å²) in [5.74, 6) is 0.323. The molecule has 5 rings (SSSR count). The molecule has 0 radical (unpaired) electrons. The normalized spacial score (nSPS) is 11.2. The minimum Gasteiger partial charge on any atom is -0.416 e. The Bertz CT molecular complexity index is 1400. The first-order valence-corrected chi connectivity index (χ1v) is 10.7. The van der Waals surface area contributed by atoms with Gasteiger partial charge in [-0.2, -0.15) is 0 Å². The van der Waals surface area contributed by atoms with Crippen molar-refractivity contribution in [1.82, 2.24) is 20.2 Å². The predicted molar refractivity (Wildman–Crippen MR) is 126 cm³/mol. The lowest BCUT2D eigenvalue weighted by Crippen LogP contribution is -1.93. The zero-order chi connectivity index (χ0) is 22.8. The quantitative estimate of drug-likeness (QED) is 0.303. The molecule has 5 nitrogen and oxygen atoms in total. The smallest absolute Gasteiger partial charge is 0.251 e. The monoisotopic (exact) mass is 436 g/mol. The molecule has 2 aromatic carbocycles. The van der Waals surface area contributed by atoms with Crippen molar-refractivity contribution >= 4 is 0 Å². The molecule has 3 heterocycles. The molecule has 0 spiro atoms. The van der Waals surface area contributed by atoms with Crippen molar-refractivity contribution in [3.05, 3.63) is 96.6 Å². The van der Waals surface area contributed by atoms with E-state index in [0.29, 0.717) is 11.5 Å². The first-order valence-electron chi connectivity index (χ1n) is 10.7. The number of nitrogens with zero attached hydrogens (tertiary/aromatic N) is 4. The molecule has 0 N–H and O–H groups in total. The summed E-state index contributed by atoms with van der Waals surface area (Å²) < 4.78 is 20.8. The van der Waals surface area contributed by atoms with E-state index in [0.717, 1.165) is 22.5 Å². The largest absolute Gasteiger partial charge is 0.416 e. The van der Waals surface area contributed by atoms with Crippen molar-refractivity contribution in [2.45, 2.75) is 19.8 Å². The third-order valence-electron chi connectivity index (χ3n) is 5.46. The summed E-state index contributed by atoms with van der Waals surface area (Å²) >= 11 is 0. The van der Waals surface area contributed by atoms with Crippen LogP contribution < -0.4 is 0 Å². The number of hydrogen-bond donors (Lipinski definition) is 0. The number of pyridine rings is 2. The van der Waals surface area contributed by atoms with E-state index in [2.05, 4.69) is 40.1 Å². The molecule has 3 aromatic heterocycles. The van der Waals surface area contributed by atoms with Crippen LogP contribution in [0.1, 0.15) is 25.3 Å². The predicted octanol–water partition coefficient (Wildman–Crippen LogP) is 6.79. The van der Waals surface area contributed by atoms with Crippen LogP contribution in [0.3, 0.4) is 0 Å². The van der Waals surface area contributed by atoms with E-state index >= 15 is 4.39 Å². The van der Waals surface area contributed by atoms with Gasteiger partial charge in [0.25, 0.3) is 5.89 Å². The molecule has 6 heteroatoms. The van der Waals surface area contributed by atoms with Crippen molar-refractivity contribution in [3.63, 3.8) is 0 Å². The summed E-state index contributed by atoms with van der Waals surface area (Å²) in [7, 11) is 0. The maximum absolute atomic E-state index is 15.1. The maximum atomic E-state index is 15.1. The van der Waals surface area contributed by atoms with Crippen molar-refractivity contribution in [2.75, 3.05) is 0 Å². The molecule has 0 amide bonds. The van der Waals surface area contributed by atoms with E-state index in [1.165, 1.54) is 11.6 Å². The summed E-state index contributed by atoms with van der Waals surface area (Å²) in [6, 6.07) is 22.4. The first-order chi connectivity index (χ1) is 16.1. The average molecular weight is 436 g/mol. The number of hydrogen-bond acceptors (Lipinski definition) is 5. The summed E-state index contributed by atoms with van der Waals surface area (Å²) in [4.78, 5) is 8.72. The Morgan fingerprint density at radius 1 is 0.727 bits per heavy atom. The van der Waals surface area contributed by atoms with Crippen molar-refractivity contribution < 1.29 is 8.81 Å². The van der Waals surface area contributed by atoms with E-state index in [1.54, 1.807) is 18.5 Å². The fourth-order valence-electron chi connectivity index (χ4n) is 3.75. The number of aromatic nitrogens is 4. The molecule has 0 saturated heterocycles. The van der Waals surface area contributed by atoms with Crippen LogP contribution in [0, 0.1) is 5.82 Å². The second-order valence-electron chi connectivity index (χ2n) is 8.00. The van der Waals surface area contributed by atoms with Gasteiger partial charge in [0.05, 0.1) is 22.5 Å². The van der Waals surface area contributed by atoms with Crippen molar-refractivity contribution in [1.29, 1.82) is 0 Å². The van der Waals surface area contributed by atoms with E-state index in [4.69, 9.17) is 4.42 Å². The Labute approximate surface area is 191 Å². The standard InChI is InChI=1S/C27H21FN4O/c1-17(2)20-7-3-4-8-21(20)18-10-12-22(23(28)15-18)27-32-31-26(33-27)19-11-13-25(30-16-19)24-9-5-6-14-29-24/h3-17H,1-2H3. The highest BCUT2D eigenvalue weighted by atomic mass is 19.1.